The molecule has 0 spiro atoms. The van der Waals surface area contributed by atoms with Gasteiger partial charge in [-0.3, -0.25) is 4.79 Å². The van der Waals surface area contributed by atoms with E-state index in [0.717, 1.165) is 0 Å². The number of ether oxygens (including phenoxy) is 2. The zero-order valence-corrected chi connectivity index (χ0v) is 11.8. The monoisotopic (exact) mass is 319 g/mol. The van der Waals surface area contributed by atoms with E-state index in [1.807, 2.05) is 0 Å². The van der Waals surface area contributed by atoms with Crippen molar-refractivity contribution in [1.82, 2.24) is 5.32 Å². The fraction of sp³-hybridized carbons (Fsp3) is 0.417. The lowest BCUT2D eigenvalue weighted by Crippen LogP contribution is -2.39. The van der Waals surface area contributed by atoms with Crippen molar-refractivity contribution in [2.45, 2.75) is 6.04 Å². The molecule has 4 nitrogen and oxygen atoms in total. The van der Waals surface area contributed by atoms with Crippen molar-refractivity contribution in [3.8, 4) is 5.75 Å². The maximum atomic E-state index is 13.2. The molecule has 6 heteroatoms. The van der Waals surface area contributed by atoms with Crippen LogP contribution >= 0.6 is 15.9 Å². The minimum atomic E-state index is -0.497. The normalized spacial score (nSPS) is 12.0. The molecule has 1 amide bonds. The number of amides is 1. The highest BCUT2D eigenvalue weighted by atomic mass is 79.9. The summed E-state index contributed by atoms with van der Waals surface area (Å²) in [6.07, 6.45) is 0. The molecule has 0 fully saturated rings. The average molecular weight is 320 g/mol. The molecule has 0 radical (unpaired) electrons. The van der Waals surface area contributed by atoms with E-state index in [9.17, 15) is 9.18 Å². The van der Waals surface area contributed by atoms with Crippen LogP contribution in [-0.4, -0.2) is 38.1 Å². The molecule has 1 N–H and O–H groups in total. The number of alkyl halides is 1. The van der Waals surface area contributed by atoms with Gasteiger partial charge < -0.3 is 14.8 Å². The molecule has 0 heterocycles. The minimum absolute atomic E-state index is 0.0461. The standard InChI is InChI=1S/C12H15BrFNO3/c1-17-7-9(6-13)15-12(16)8-3-4-10(14)11(5-8)18-2/h3-5,9H,6-7H2,1-2H3,(H,15,16). The van der Waals surface area contributed by atoms with E-state index in [2.05, 4.69) is 21.2 Å². The molecule has 0 saturated carbocycles. The van der Waals surface area contributed by atoms with Crippen LogP contribution in [0.25, 0.3) is 0 Å². The van der Waals surface area contributed by atoms with Crippen LogP contribution in [0.15, 0.2) is 18.2 Å². The molecule has 0 bridgehead atoms. The van der Waals surface area contributed by atoms with Gasteiger partial charge in [0.1, 0.15) is 0 Å². The number of methoxy groups -OCH3 is 2. The van der Waals surface area contributed by atoms with Crippen LogP contribution in [0.3, 0.4) is 0 Å². The highest BCUT2D eigenvalue weighted by Gasteiger charge is 2.14. The van der Waals surface area contributed by atoms with Gasteiger partial charge in [0.25, 0.3) is 5.91 Å². The Kier molecular flexibility index (Phi) is 6.07. The van der Waals surface area contributed by atoms with Gasteiger partial charge in [-0.2, -0.15) is 0 Å². The number of halogens is 2. The quantitative estimate of drug-likeness (QED) is 0.816. The Labute approximate surface area is 114 Å². The van der Waals surface area contributed by atoms with Crippen molar-refractivity contribution in [2.75, 3.05) is 26.2 Å². The largest absolute Gasteiger partial charge is 0.494 e. The van der Waals surface area contributed by atoms with Gasteiger partial charge in [-0.15, -0.1) is 0 Å². The summed E-state index contributed by atoms with van der Waals surface area (Å²) in [5.41, 5.74) is 0.343. The van der Waals surface area contributed by atoms with Crippen molar-refractivity contribution in [1.29, 1.82) is 0 Å². The van der Waals surface area contributed by atoms with Crippen molar-refractivity contribution < 1.29 is 18.7 Å². The number of nitrogens with one attached hydrogen (secondary N) is 1. The van der Waals surface area contributed by atoms with Crippen LogP contribution in [-0.2, 0) is 4.74 Å². The first-order valence-electron chi connectivity index (χ1n) is 5.31. The highest BCUT2D eigenvalue weighted by Crippen LogP contribution is 2.18. The van der Waals surface area contributed by atoms with Crippen molar-refractivity contribution in [3.05, 3.63) is 29.6 Å². The summed E-state index contributed by atoms with van der Waals surface area (Å²) < 4.78 is 23.0. The Bertz CT molecular complexity index is 414. The molecule has 18 heavy (non-hydrogen) atoms. The van der Waals surface area contributed by atoms with Gasteiger partial charge in [0.15, 0.2) is 11.6 Å². The molecule has 0 aromatic heterocycles. The van der Waals surface area contributed by atoms with Crippen LogP contribution < -0.4 is 10.1 Å². The molecule has 0 aliphatic rings. The molecule has 1 unspecified atom stereocenters. The minimum Gasteiger partial charge on any atom is -0.494 e. The molecule has 100 valence electrons. The Morgan fingerprint density at radius 3 is 2.78 bits per heavy atom. The van der Waals surface area contributed by atoms with E-state index in [-0.39, 0.29) is 17.7 Å². The third kappa shape index (κ3) is 3.96. The number of carbonyl (C=O) groups is 1. The summed E-state index contributed by atoms with van der Waals surface area (Å²) >= 11 is 3.28. The van der Waals surface area contributed by atoms with Gasteiger partial charge in [0, 0.05) is 18.0 Å². The lowest BCUT2D eigenvalue weighted by atomic mass is 10.2. The second kappa shape index (κ2) is 7.33. The molecule has 1 rings (SSSR count). The van der Waals surface area contributed by atoms with Gasteiger partial charge in [0.2, 0.25) is 0 Å². The predicted molar refractivity (Wildman–Crippen MR) is 69.9 cm³/mol. The number of carbonyl (C=O) groups excluding carboxylic acids is 1. The molecule has 1 aromatic rings. The fourth-order valence-electron chi connectivity index (χ4n) is 1.40. The molecule has 0 aliphatic carbocycles. The maximum Gasteiger partial charge on any atom is 0.251 e. The summed E-state index contributed by atoms with van der Waals surface area (Å²) in [6.45, 7) is 0.398. The fourth-order valence-corrected chi connectivity index (χ4v) is 1.74. The molecule has 1 aromatic carbocycles. The first-order valence-corrected chi connectivity index (χ1v) is 6.43. The summed E-state index contributed by atoms with van der Waals surface area (Å²) in [7, 11) is 2.91. The van der Waals surface area contributed by atoms with Crippen LogP contribution in [0.4, 0.5) is 4.39 Å². The zero-order valence-electron chi connectivity index (χ0n) is 10.2. The van der Waals surface area contributed by atoms with Crippen molar-refractivity contribution in [2.24, 2.45) is 0 Å². The van der Waals surface area contributed by atoms with Gasteiger partial charge in [-0.1, -0.05) is 15.9 Å². The van der Waals surface area contributed by atoms with E-state index in [1.165, 1.54) is 25.3 Å². The SMILES string of the molecule is COCC(CBr)NC(=O)c1ccc(F)c(OC)c1. The Balaban J connectivity index is 2.77. The molecular formula is C12H15BrFNO3. The van der Waals surface area contributed by atoms with Gasteiger partial charge >= 0.3 is 0 Å². The van der Waals surface area contributed by atoms with Crippen LogP contribution in [0.5, 0.6) is 5.75 Å². The van der Waals surface area contributed by atoms with E-state index in [0.29, 0.717) is 17.5 Å². The Morgan fingerprint density at radius 1 is 1.50 bits per heavy atom. The molecule has 1 atom stereocenters. The third-order valence-electron chi connectivity index (χ3n) is 2.30. The second-order valence-electron chi connectivity index (χ2n) is 3.63. The van der Waals surface area contributed by atoms with Crippen LogP contribution in [0.1, 0.15) is 10.4 Å². The van der Waals surface area contributed by atoms with E-state index >= 15 is 0 Å². The van der Waals surface area contributed by atoms with Crippen LogP contribution in [0.2, 0.25) is 0 Å². The first-order chi connectivity index (χ1) is 8.62. The maximum absolute atomic E-state index is 13.2. The molecular weight excluding hydrogens is 305 g/mol. The molecule has 0 aliphatic heterocycles. The van der Waals surface area contributed by atoms with E-state index in [1.54, 1.807) is 7.11 Å². The summed E-state index contributed by atoms with van der Waals surface area (Å²) in [6, 6.07) is 3.83. The number of rotatable bonds is 6. The second-order valence-corrected chi connectivity index (χ2v) is 4.28. The lowest BCUT2D eigenvalue weighted by molar-refractivity contribution is 0.0907. The zero-order chi connectivity index (χ0) is 13.5. The lowest BCUT2D eigenvalue weighted by Gasteiger charge is -2.15. The smallest absolute Gasteiger partial charge is 0.251 e. The number of hydrogen-bond acceptors (Lipinski definition) is 3. The average Bonchev–Trinajstić information content (AvgIpc) is 2.38. The third-order valence-corrected chi connectivity index (χ3v) is 3.08. The van der Waals surface area contributed by atoms with Gasteiger partial charge in [-0.05, 0) is 18.2 Å². The number of hydrogen-bond donors (Lipinski definition) is 1. The van der Waals surface area contributed by atoms with Crippen molar-refractivity contribution >= 4 is 21.8 Å². The Hall–Kier alpha value is -1.14. The van der Waals surface area contributed by atoms with E-state index < -0.39 is 5.82 Å². The molecule has 0 saturated heterocycles. The topological polar surface area (TPSA) is 47.6 Å². The summed E-state index contributed by atoms with van der Waals surface area (Å²) in [4.78, 5) is 11.9. The van der Waals surface area contributed by atoms with Crippen molar-refractivity contribution in [3.63, 3.8) is 0 Å². The first kappa shape index (κ1) is 14.9. The van der Waals surface area contributed by atoms with Gasteiger partial charge in [-0.25, -0.2) is 4.39 Å². The number of benzene rings is 1. The van der Waals surface area contributed by atoms with Crippen LogP contribution in [0, 0.1) is 5.82 Å². The Morgan fingerprint density at radius 2 is 2.22 bits per heavy atom. The van der Waals surface area contributed by atoms with Gasteiger partial charge in [0.05, 0.1) is 19.8 Å². The highest BCUT2D eigenvalue weighted by molar-refractivity contribution is 9.09. The van der Waals surface area contributed by atoms with E-state index in [4.69, 9.17) is 9.47 Å². The predicted octanol–water partition coefficient (Wildman–Crippen LogP) is 1.97. The summed E-state index contributed by atoms with van der Waals surface area (Å²) in [5, 5.41) is 3.34. The summed E-state index contributed by atoms with van der Waals surface area (Å²) in [5.74, 6) is -0.748.